The van der Waals surface area contributed by atoms with E-state index < -0.39 is 11.7 Å². The fourth-order valence-corrected chi connectivity index (χ4v) is 5.24. The van der Waals surface area contributed by atoms with Crippen molar-refractivity contribution < 1.29 is 23.4 Å². The number of likely N-dealkylation sites (N-methyl/N-ethyl adjacent to an activating group) is 1. The molecule has 2 N–H and O–H groups in total. The Morgan fingerprint density at radius 1 is 1.05 bits per heavy atom. The van der Waals surface area contributed by atoms with E-state index in [1.807, 2.05) is 24.9 Å². The van der Waals surface area contributed by atoms with Crippen LogP contribution in [0.3, 0.4) is 0 Å². The standard InChI is InChI=1S/C31H31FN8O4/c1-18-10-21(44-20-7-9-40-28(13-20)34-17-36-40)12-27(43-4)29(18)38-30-22-14-25(26(42-3)15-24(22)33-16-35-30)37-31(41)23(32)11-19-6-5-8-39(19)2/h7,9-17,19H,5-6,8H2,1-4H3,(H,37,41)(H,33,35,38). The number of fused-ring (bicyclic) bond motifs is 2. The van der Waals surface area contributed by atoms with Crippen LogP contribution in [0.25, 0.3) is 16.6 Å². The maximum Gasteiger partial charge on any atom is 0.284 e. The molecular formula is C31H31FN8O4. The highest BCUT2D eigenvalue weighted by molar-refractivity contribution is 6.05. The minimum absolute atomic E-state index is 0.115. The lowest BCUT2D eigenvalue weighted by Gasteiger charge is -2.18. The van der Waals surface area contributed by atoms with Gasteiger partial charge in [0.25, 0.3) is 5.91 Å². The highest BCUT2D eigenvalue weighted by Gasteiger charge is 2.22. The predicted molar refractivity (Wildman–Crippen MR) is 164 cm³/mol. The molecule has 44 heavy (non-hydrogen) atoms. The van der Waals surface area contributed by atoms with Crippen molar-refractivity contribution in [1.82, 2.24) is 29.5 Å². The largest absolute Gasteiger partial charge is 0.494 e. The minimum atomic E-state index is -0.856. The number of methoxy groups -OCH3 is 2. The third-order valence-electron chi connectivity index (χ3n) is 7.56. The number of halogens is 1. The Bertz CT molecular complexity index is 1890. The molecule has 0 bridgehead atoms. The number of pyridine rings is 1. The van der Waals surface area contributed by atoms with Crippen LogP contribution in [-0.4, -0.2) is 69.2 Å². The lowest BCUT2D eigenvalue weighted by Crippen LogP contribution is -2.24. The zero-order valence-electron chi connectivity index (χ0n) is 24.7. The number of hydrogen-bond donors (Lipinski definition) is 2. The Labute approximate surface area is 252 Å². The number of carbonyl (C=O) groups is 1. The van der Waals surface area contributed by atoms with E-state index in [0.29, 0.717) is 51.1 Å². The van der Waals surface area contributed by atoms with Crippen molar-refractivity contribution in [2.75, 3.05) is 38.4 Å². The van der Waals surface area contributed by atoms with Crippen LogP contribution < -0.4 is 24.8 Å². The first-order valence-corrected chi connectivity index (χ1v) is 14.0. The number of ether oxygens (including phenoxy) is 3. The molecule has 4 heterocycles. The molecule has 12 nitrogen and oxygen atoms in total. The van der Waals surface area contributed by atoms with Crippen molar-refractivity contribution in [3.05, 3.63) is 72.7 Å². The second kappa shape index (κ2) is 12.1. The quantitative estimate of drug-likeness (QED) is 0.212. The first-order chi connectivity index (χ1) is 21.3. The molecule has 0 radical (unpaired) electrons. The van der Waals surface area contributed by atoms with Gasteiger partial charge in [-0.3, -0.25) is 9.69 Å². The number of likely N-dealkylation sites (tertiary alicyclic amines) is 1. The molecule has 1 aliphatic heterocycles. The Hall–Kier alpha value is -5.30. The maximum absolute atomic E-state index is 14.9. The lowest BCUT2D eigenvalue weighted by atomic mass is 10.1. The summed E-state index contributed by atoms with van der Waals surface area (Å²) in [6.45, 7) is 2.78. The Morgan fingerprint density at radius 2 is 1.89 bits per heavy atom. The van der Waals surface area contributed by atoms with E-state index >= 15 is 0 Å². The molecule has 3 aromatic heterocycles. The highest BCUT2D eigenvalue weighted by Crippen LogP contribution is 2.39. The van der Waals surface area contributed by atoms with Crippen molar-refractivity contribution in [1.29, 1.82) is 0 Å². The number of nitrogens with one attached hydrogen (secondary N) is 2. The summed E-state index contributed by atoms with van der Waals surface area (Å²) in [7, 11) is 4.95. The van der Waals surface area contributed by atoms with Gasteiger partial charge in [-0.25, -0.2) is 23.9 Å². The van der Waals surface area contributed by atoms with Crippen LogP contribution >= 0.6 is 0 Å². The summed E-state index contributed by atoms with van der Waals surface area (Å²) in [6, 6.07) is 10.4. The van der Waals surface area contributed by atoms with Gasteiger partial charge in [-0.1, -0.05) is 0 Å². The van der Waals surface area contributed by atoms with Crippen LogP contribution in [0.1, 0.15) is 18.4 Å². The third-order valence-corrected chi connectivity index (χ3v) is 7.56. The molecule has 0 aliphatic carbocycles. The van der Waals surface area contributed by atoms with Gasteiger partial charge in [0, 0.05) is 35.8 Å². The van der Waals surface area contributed by atoms with Gasteiger partial charge < -0.3 is 24.8 Å². The molecular weight excluding hydrogens is 567 g/mol. The Morgan fingerprint density at radius 3 is 2.66 bits per heavy atom. The van der Waals surface area contributed by atoms with Crippen molar-refractivity contribution >= 4 is 39.6 Å². The molecule has 5 aromatic rings. The predicted octanol–water partition coefficient (Wildman–Crippen LogP) is 5.42. The van der Waals surface area contributed by atoms with Gasteiger partial charge in [0.1, 0.15) is 41.5 Å². The van der Waals surface area contributed by atoms with Crippen LogP contribution in [0.15, 0.2) is 67.2 Å². The molecule has 1 atom stereocenters. The van der Waals surface area contributed by atoms with Crippen molar-refractivity contribution in [2.24, 2.45) is 0 Å². The summed E-state index contributed by atoms with van der Waals surface area (Å²) in [6.07, 6.45) is 7.79. The summed E-state index contributed by atoms with van der Waals surface area (Å²) in [4.78, 5) is 27.9. The normalized spacial score (nSPS) is 15.5. The number of amides is 1. The molecule has 1 saturated heterocycles. The second-order valence-electron chi connectivity index (χ2n) is 10.4. The molecule has 6 rings (SSSR count). The van der Waals surface area contributed by atoms with Gasteiger partial charge in [-0.15, -0.1) is 0 Å². The number of rotatable bonds is 9. The number of carbonyl (C=O) groups excluding carboxylic acids is 1. The fraction of sp³-hybridized carbons (Fsp3) is 0.258. The van der Waals surface area contributed by atoms with Gasteiger partial charge in [0.15, 0.2) is 11.5 Å². The minimum Gasteiger partial charge on any atom is -0.494 e. The van der Waals surface area contributed by atoms with E-state index in [1.54, 1.807) is 48.2 Å². The monoisotopic (exact) mass is 598 g/mol. The van der Waals surface area contributed by atoms with E-state index in [1.165, 1.54) is 25.8 Å². The van der Waals surface area contributed by atoms with Gasteiger partial charge in [0.05, 0.1) is 31.1 Å². The van der Waals surface area contributed by atoms with Crippen LogP contribution in [0.2, 0.25) is 0 Å². The van der Waals surface area contributed by atoms with E-state index in [0.717, 1.165) is 24.9 Å². The van der Waals surface area contributed by atoms with E-state index in [4.69, 9.17) is 14.2 Å². The second-order valence-corrected chi connectivity index (χ2v) is 10.4. The van der Waals surface area contributed by atoms with Gasteiger partial charge in [-0.2, -0.15) is 5.10 Å². The average Bonchev–Trinajstić information content (AvgIpc) is 3.66. The summed E-state index contributed by atoms with van der Waals surface area (Å²) in [5, 5.41) is 10.7. The summed E-state index contributed by atoms with van der Waals surface area (Å²) in [5.41, 5.74) is 2.97. The average molecular weight is 599 g/mol. The molecule has 226 valence electrons. The first-order valence-electron chi connectivity index (χ1n) is 14.0. The topological polar surface area (TPSA) is 128 Å². The molecule has 1 aliphatic rings. The highest BCUT2D eigenvalue weighted by atomic mass is 19.1. The van der Waals surface area contributed by atoms with Gasteiger partial charge >= 0.3 is 0 Å². The Kier molecular flexibility index (Phi) is 7.94. The number of aromatic nitrogens is 5. The molecule has 0 saturated carbocycles. The van der Waals surface area contributed by atoms with Crippen LogP contribution in [0, 0.1) is 6.92 Å². The van der Waals surface area contributed by atoms with Crippen LogP contribution in [0.4, 0.5) is 21.6 Å². The molecule has 1 unspecified atom stereocenters. The van der Waals surface area contributed by atoms with Crippen molar-refractivity contribution in [3.63, 3.8) is 0 Å². The van der Waals surface area contributed by atoms with Crippen molar-refractivity contribution in [3.8, 4) is 23.0 Å². The zero-order valence-corrected chi connectivity index (χ0v) is 24.7. The number of benzene rings is 2. The van der Waals surface area contributed by atoms with E-state index in [9.17, 15) is 9.18 Å². The third kappa shape index (κ3) is 5.81. The van der Waals surface area contributed by atoms with Crippen molar-refractivity contribution in [2.45, 2.75) is 25.8 Å². The first kappa shape index (κ1) is 28.8. The van der Waals surface area contributed by atoms with Crippen LogP contribution in [-0.2, 0) is 4.79 Å². The molecule has 2 aromatic carbocycles. The smallest absolute Gasteiger partial charge is 0.284 e. The van der Waals surface area contributed by atoms with Crippen LogP contribution in [0.5, 0.6) is 23.0 Å². The van der Waals surface area contributed by atoms with Gasteiger partial charge in [0.2, 0.25) is 0 Å². The molecule has 1 fully saturated rings. The number of anilines is 3. The maximum atomic E-state index is 14.9. The summed E-state index contributed by atoms with van der Waals surface area (Å²) < 4.78 is 33.8. The lowest BCUT2D eigenvalue weighted by molar-refractivity contribution is -0.114. The van der Waals surface area contributed by atoms with E-state index in [2.05, 4.69) is 30.7 Å². The number of aryl methyl sites for hydroxylation is 1. The fourth-order valence-electron chi connectivity index (χ4n) is 5.24. The Balaban J connectivity index is 1.29. The SMILES string of the molecule is COc1cc2ncnc(Nc3c(C)cc(Oc4ccn5ncnc5c4)cc3OC)c2cc1NC(=O)C(F)=CC1CCCN1C. The molecule has 0 spiro atoms. The molecule has 13 heteroatoms. The zero-order chi connectivity index (χ0) is 30.8. The van der Waals surface area contributed by atoms with E-state index in [-0.39, 0.29) is 11.7 Å². The molecule has 1 amide bonds. The summed E-state index contributed by atoms with van der Waals surface area (Å²) >= 11 is 0. The number of nitrogens with zero attached hydrogens (tertiary/aromatic N) is 6. The number of hydrogen-bond acceptors (Lipinski definition) is 10. The summed E-state index contributed by atoms with van der Waals surface area (Å²) in [5.74, 6) is 0.754. The van der Waals surface area contributed by atoms with Gasteiger partial charge in [-0.05, 0) is 63.2 Å².